The molecule has 0 spiro atoms. The van der Waals surface area contributed by atoms with Crippen LogP contribution in [-0.2, 0) is 17.6 Å². The average molecular weight is 389 g/mol. The summed E-state index contributed by atoms with van der Waals surface area (Å²) < 4.78 is 7.62. The highest BCUT2D eigenvalue weighted by atomic mass is 16.6. The Morgan fingerprint density at radius 2 is 1.55 bits per heavy atom. The van der Waals surface area contributed by atoms with Gasteiger partial charge in [-0.15, -0.1) is 0 Å². The monoisotopic (exact) mass is 389 g/mol. The highest BCUT2D eigenvalue weighted by Gasteiger charge is 2.28. The maximum Gasteiger partial charge on any atom is 0.410 e. The van der Waals surface area contributed by atoms with Gasteiger partial charge in [0, 0.05) is 30.6 Å². The fourth-order valence-corrected chi connectivity index (χ4v) is 3.72. The third-order valence-electron chi connectivity index (χ3n) is 5.02. The van der Waals surface area contributed by atoms with E-state index in [1.165, 1.54) is 5.56 Å². The molecule has 5 heteroatoms. The van der Waals surface area contributed by atoms with Gasteiger partial charge in [-0.2, -0.15) is 5.10 Å². The van der Waals surface area contributed by atoms with Crippen LogP contribution in [-0.4, -0.2) is 39.5 Å². The van der Waals surface area contributed by atoms with Crippen molar-refractivity contribution >= 4 is 6.09 Å². The number of aromatic nitrogens is 2. The van der Waals surface area contributed by atoms with Gasteiger partial charge >= 0.3 is 6.09 Å². The van der Waals surface area contributed by atoms with E-state index in [1.807, 2.05) is 61.9 Å². The summed E-state index contributed by atoms with van der Waals surface area (Å²) in [5.74, 6) is 0. The van der Waals surface area contributed by atoms with Crippen molar-refractivity contribution in [3.05, 3.63) is 71.9 Å². The number of ether oxygens (including phenoxy) is 1. The molecule has 150 valence electrons. The normalized spacial score (nSPS) is 14.2. The van der Waals surface area contributed by atoms with Crippen LogP contribution in [0.4, 0.5) is 4.79 Å². The second-order valence-corrected chi connectivity index (χ2v) is 8.35. The topological polar surface area (TPSA) is 47.4 Å². The lowest BCUT2D eigenvalue weighted by atomic mass is 10.0. The number of nitrogens with zero attached hydrogens (tertiary/aromatic N) is 3. The molecule has 0 bridgehead atoms. The first-order chi connectivity index (χ1) is 13.9. The van der Waals surface area contributed by atoms with E-state index in [0.717, 1.165) is 29.1 Å². The maximum absolute atomic E-state index is 12.6. The minimum atomic E-state index is -0.491. The van der Waals surface area contributed by atoms with Crippen molar-refractivity contribution in [1.29, 1.82) is 0 Å². The molecule has 2 heterocycles. The Labute approximate surface area is 171 Å². The molecule has 0 N–H and O–H groups in total. The average Bonchev–Trinajstić information content (AvgIpc) is 2.93. The number of carbonyl (C=O) groups excluding carboxylic acids is 1. The van der Waals surface area contributed by atoms with Crippen LogP contribution in [0.1, 0.15) is 32.0 Å². The van der Waals surface area contributed by atoms with Crippen molar-refractivity contribution in [3.8, 4) is 16.9 Å². The van der Waals surface area contributed by atoms with Gasteiger partial charge in [0.2, 0.25) is 0 Å². The van der Waals surface area contributed by atoms with Crippen LogP contribution in [0.3, 0.4) is 0 Å². The molecule has 0 fully saturated rings. The van der Waals surface area contributed by atoms with Crippen LogP contribution in [0.15, 0.2) is 60.7 Å². The molecule has 3 aromatic rings. The zero-order valence-electron chi connectivity index (χ0n) is 17.3. The number of carbonyl (C=O) groups is 1. The number of amides is 1. The number of para-hydroxylation sites is 1. The van der Waals surface area contributed by atoms with E-state index in [0.29, 0.717) is 19.5 Å². The van der Waals surface area contributed by atoms with Gasteiger partial charge in [-0.25, -0.2) is 9.48 Å². The smallest absolute Gasteiger partial charge is 0.410 e. The number of fused-ring (bicyclic) bond motifs is 1. The van der Waals surface area contributed by atoms with E-state index >= 15 is 0 Å². The van der Waals surface area contributed by atoms with Gasteiger partial charge in [-0.05, 0) is 39.3 Å². The minimum absolute atomic E-state index is 0.250. The fraction of sp³-hybridized carbons (Fsp3) is 0.333. The molecule has 5 nitrogen and oxygen atoms in total. The quantitative estimate of drug-likeness (QED) is 0.628. The molecule has 29 heavy (non-hydrogen) atoms. The van der Waals surface area contributed by atoms with Crippen LogP contribution < -0.4 is 0 Å². The molecule has 0 aliphatic carbocycles. The second kappa shape index (κ2) is 7.74. The number of hydrogen-bond donors (Lipinski definition) is 0. The highest BCUT2D eigenvalue weighted by molar-refractivity contribution is 5.70. The lowest BCUT2D eigenvalue weighted by Gasteiger charge is -2.26. The second-order valence-electron chi connectivity index (χ2n) is 8.35. The van der Waals surface area contributed by atoms with Gasteiger partial charge in [-0.1, -0.05) is 48.5 Å². The highest BCUT2D eigenvalue weighted by Crippen LogP contribution is 2.31. The third-order valence-corrected chi connectivity index (χ3v) is 5.02. The zero-order valence-corrected chi connectivity index (χ0v) is 17.3. The zero-order chi connectivity index (χ0) is 20.4. The molecule has 4 rings (SSSR count). The molecule has 2 aromatic carbocycles. The first-order valence-corrected chi connectivity index (χ1v) is 10.1. The Morgan fingerprint density at radius 1 is 0.931 bits per heavy atom. The van der Waals surface area contributed by atoms with E-state index in [2.05, 4.69) is 24.3 Å². The molecule has 0 saturated heterocycles. The summed E-state index contributed by atoms with van der Waals surface area (Å²) in [6.07, 6.45) is 1.22. The van der Waals surface area contributed by atoms with Crippen molar-refractivity contribution in [1.82, 2.24) is 14.7 Å². The third kappa shape index (κ3) is 4.19. The van der Waals surface area contributed by atoms with Gasteiger partial charge in [-0.3, -0.25) is 0 Å². The van der Waals surface area contributed by atoms with Gasteiger partial charge in [0.15, 0.2) is 0 Å². The molecule has 1 aliphatic rings. The van der Waals surface area contributed by atoms with Crippen LogP contribution in [0.5, 0.6) is 0 Å². The summed E-state index contributed by atoms with van der Waals surface area (Å²) in [7, 11) is 0. The van der Waals surface area contributed by atoms with Crippen molar-refractivity contribution < 1.29 is 9.53 Å². The molecular formula is C24H27N3O2. The molecule has 0 saturated carbocycles. The van der Waals surface area contributed by atoms with E-state index in [4.69, 9.17) is 9.84 Å². The van der Waals surface area contributed by atoms with Crippen LogP contribution in [0.25, 0.3) is 16.9 Å². The van der Waals surface area contributed by atoms with E-state index < -0.39 is 5.60 Å². The molecular weight excluding hydrogens is 362 g/mol. The predicted octanol–water partition coefficient (Wildman–Crippen LogP) is 4.88. The number of benzene rings is 2. The summed E-state index contributed by atoms with van der Waals surface area (Å²) in [6, 6.07) is 20.6. The van der Waals surface area contributed by atoms with Gasteiger partial charge < -0.3 is 9.64 Å². The summed E-state index contributed by atoms with van der Waals surface area (Å²) in [6.45, 7) is 6.93. The standard InChI is InChI=1S/C24H27N3O2/c1-24(2,3)29-23(28)26-16-14-20-21(15-17-26)25-27(19-12-8-5-9-13-19)22(20)18-10-6-4-7-11-18/h4-13H,14-17H2,1-3H3. The van der Waals surface area contributed by atoms with Gasteiger partial charge in [0.1, 0.15) is 5.60 Å². The summed E-state index contributed by atoms with van der Waals surface area (Å²) >= 11 is 0. The first-order valence-electron chi connectivity index (χ1n) is 10.1. The predicted molar refractivity (Wildman–Crippen MR) is 114 cm³/mol. The Balaban J connectivity index is 1.70. The molecule has 1 aromatic heterocycles. The summed E-state index contributed by atoms with van der Waals surface area (Å²) in [5, 5.41) is 4.96. The van der Waals surface area contributed by atoms with E-state index in [9.17, 15) is 4.79 Å². The molecule has 0 atom stereocenters. The van der Waals surface area contributed by atoms with Crippen LogP contribution in [0.2, 0.25) is 0 Å². The van der Waals surface area contributed by atoms with Crippen molar-refractivity contribution in [3.63, 3.8) is 0 Å². The fourth-order valence-electron chi connectivity index (χ4n) is 3.72. The van der Waals surface area contributed by atoms with Crippen molar-refractivity contribution in [2.75, 3.05) is 13.1 Å². The van der Waals surface area contributed by atoms with Crippen molar-refractivity contribution in [2.24, 2.45) is 0 Å². The van der Waals surface area contributed by atoms with Crippen LogP contribution in [0, 0.1) is 0 Å². The summed E-state index contributed by atoms with van der Waals surface area (Å²) in [5.41, 5.74) is 5.07. The lowest BCUT2D eigenvalue weighted by Crippen LogP contribution is -2.38. The Bertz CT molecular complexity index is 988. The number of hydrogen-bond acceptors (Lipinski definition) is 3. The Kier molecular flexibility index (Phi) is 5.14. The largest absolute Gasteiger partial charge is 0.444 e. The maximum atomic E-state index is 12.6. The van der Waals surface area contributed by atoms with Crippen LogP contribution >= 0.6 is 0 Å². The molecule has 1 aliphatic heterocycles. The van der Waals surface area contributed by atoms with Gasteiger partial charge in [0.25, 0.3) is 0 Å². The molecule has 0 unspecified atom stereocenters. The Hall–Kier alpha value is -3.08. The summed E-state index contributed by atoms with van der Waals surface area (Å²) in [4.78, 5) is 14.4. The van der Waals surface area contributed by atoms with Crippen molar-refractivity contribution in [2.45, 2.75) is 39.2 Å². The van der Waals surface area contributed by atoms with Gasteiger partial charge in [0.05, 0.1) is 17.1 Å². The van der Waals surface area contributed by atoms with E-state index in [-0.39, 0.29) is 6.09 Å². The SMILES string of the molecule is CC(C)(C)OC(=O)N1CCc2nn(-c3ccccc3)c(-c3ccccc3)c2CC1. The first kappa shape index (κ1) is 19.2. The lowest BCUT2D eigenvalue weighted by molar-refractivity contribution is 0.0258. The minimum Gasteiger partial charge on any atom is -0.444 e. The molecule has 0 radical (unpaired) electrons. The number of rotatable bonds is 2. The Morgan fingerprint density at radius 3 is 2.21 bits per heavy atom. The van der Waals surface area contributed by atoms with E-state index in [1.54, 1.807) is 4.90 Å². The molecule has 1 amide bonds.